The molecule has 3 nitrogen and oxygen atoms in total. The Morgan fingerprint density at radius 2 is 2.00 bits per heavy atom. The summed E-state index contributed by atoms with van der Waals surface area (Å²) < 4.78 is 0. The van der Waals surface area contributed by atoms with Gasteiger partial charge in [0.15, 0.2) is 0 Å². The minimum atomic E-state index is 0.0552. The van der Waals surface area contributed by atoms with Gasteiger partial charge in [0.1, 0.15) is 0 Å². The van der Waals surface area contributed by atoms with E-state index < -0.39 is 0 Å². The van der Waals surface area contributed by atoms with E-state index in [0.717, 1.165) is 32.4 Å². The molecule has 0 N–H and O–H groups in total. The molecule has 1 fully saturated rings. The molecule has 1 unspecified atom stereocenters. The predicted molar refractivity (Wildman–Crippen MR) is 49.6 cm³/mol. The molecule has 0 radical (unpaired) electrons. The second kappa shape index (κ2) is 4.84. The highest BCUT2D eigenvalue weighted by atomic mass is 15.2. The van der Waals surface area contributed by atoms with Crippen LogP contribution >= 0.6 is 0 Å². The van der Waals surface area contributed by atoms with Crippen molar-refractivity contribution in [2.24, 2.45) is 5.92 Å². The highest BCUT2D eigenvalue weighted by Crippen LogP contribution is 2.18. The van der Waals surface area contributed by atoms with E-state index in [1.165, 1.54) is 0 Å². The van der Waals surface area contributed by atoms with E-state index in [1.807, 2.05) is 6.92 Å². The van der Waals surface area contributed by atoms with E-state index in [1.54, 1.807) is 0 Å². The first-order valence-electron chi connectivity index (χ1n) is 4.85. The molecule has 0 aromatic heterocycles. The van der Waals surface area contributed by atoms with Gasteiger partial charge in [-0.15, -0.1) is 0 Å². The van der Waals surface area contributed by atoms with Crippen LogP contribution in [0.25, 0.3) is 0 Å². The van der Waals surface area contributed by atoms with Gasteiger partial charge in [0.05, 0.1) is 18.2 Å². The van der Waals surface area contributed by atoms with E-state index in [2.05, 4.69) is 17.0 Å². The third-order valence-electron chi connectivity index (χ3n) is 2.69. The van der Waals surface area contributed by atoms with E-state index in [9.17, 15) is 0 Å². The van der Waals surface area contributed by atoms with Crippen LogP contribution in [-0.4, -0.2) is 24.0 Å². The van der Waals surface area contributed by atoms with Gasteiger partial charge in [-0.2, -0.15) is 10.5 Å². The molecule has 1 aliphatic rings. The van der Waals surface area contributed by atoms with Crippen molar-refractivity contribution in [3.63, 3.8) is 0 Å². The Labute approximate surface area is 79.6 Å². The number of nitrogens with zero attached hydrogens (tertiary/aromatic N) is 3. The fraction of sp³-hybridized carbons (Fsp3) is 0.800. The topological polar surface area (TPSA) is 50.8 Å². The molecule has 1 saturated heterocycles. The van der Waals surface area contributed by atoms with Crippen LogP contribution in [0.3, 0.4) is 0 Å². The van der Waals surface area contributed by atoms with E-state index in [0.29, 0.717) is 0 Å². The first-order valence-corrected chi connectivity index (χ1v) is 4.85. The van der Waals surface area contributed by atoms with Crippen LogP contribution in [0.5, 0.6) is 0 Å². The standard InChI is InChI=1S/C10H15N3/c1-2-10(8-12)13-5-3-9(7-11)4-6-13/h9-10H,2-6H2,1H3. The van der Waals surface area contributed by atoms with Crippen molar-refractivity contribution in [2.45, 2.75) is 32.2 Å². The Bertz CT molecular complexity index is 228. The van der Waals surface area contributed by atoms with Crippen LogP contribution in [0.1, 0.15) is 26.2 Å². The van der Waals surface area contributed by atoms with Crippen LogP contribution in [0.2, 0.25) is 0 Å². The van der Waals surface area contributed by atoms with E-state index >= 15 is 0 Å². The fourth-order valence-corrected chi connectivity index (χ4v) is 1.77. The number of likely N-dealkylation sites (tertiary alicyclic amines) is 1. The molecule has 1 rings (SSSR count). The van der Waals surface area contributed by atoms with Gasteiger partial charge in [0.2, 0.25) is 0 Å². The zero-order chi connectivity index (χ0) is 9.68. The van der Waals surface area contributed by atoms with Crippen LogP contribution in [0.15, 0.2) is 0 Å². The molecular weight excluding hydrogens is 162 g/mol. The summed E-state index contributed by atoms with van der Waals surface area (Å²) in [5.74, 6) is 0.215. The van der Waals surface area contributed by atoms with Crippen LogP contribution < -0.4 is 0 Å². The monoisotopic (exact) mass is 177 g/mol. The normalized spacial score (nSPS) is 21.8. The van der Waals surface area contributed by atoms with Crippen molar-refractivity contribution < 1.29 is 0 Å². The Morgan fingerprint density at radius 3 is 2.38 bits per heavy atom. The highest BCUT2D eigenvalue weighted by molar-refractivity contribution is 4.95. The average Bonchev–Trinajstić information content (AvgIpc) is 2.21. The molecule has 0 saturated carbocycles. The molecule has 0 bridgehead atoms. The second-order valence-electron chi connectivity index (χ2n) is 3.49. The molecule has 0 aromatic carbocycles. The van der Waals surface area contributed by atoms with Crippen molar-refractivity contribution in [3.8, 4) is 12.1 Å². The van der Waals surface area contributed by atoms with Gasteiger partial charge in [-0.3, -0.25) is 4.90 Å². The molecule has 70 valence electrons. The summed E-state index contributed by atoms with van der Waals surface area (Å²) >= 11 is 0. The van der Waals surface area contributed by atoms with Crippen molar-refractivity contribution >= 4 is 0 Å². The van der Waals surface area contributed by atoms with Gasteiger partial charge in [0.25, 0.3) is 0 Å². The van der Waals surface area contributed by atoms with Crippen molar-refractivity contribution in [1.29, 1.82) is 10.5 Å². The molecular formula is C10H15N3. The fourth-order valence-electron chi connectivity index (χ4n) is 1.77. The van der Waals surface area contributed by atoms with Gasteiger partial charge < -0.3 is 0 Å². The maximum atomic E-state index is 8.84. The van der Waals surface area contributed by atoms with Gasteiger partial charge >= 0.3 is 0 Å². The maximum Gasteiger partial charge on any atom is 0.0975 e. The summed E-state index contributed by atoms with van der Waals surface area (Å²) in [4.78, 5) is 2.19. The number of piperidine rings is 1. The maximum absolute atomic E-state index is 8.84. The smallest absolute Gasteiger partial charge is 0.0975 e. The lowest BCUT2D eigenvalue weighted by Gasteiger charge is -2.31. The zero-order valence-corrected chi connectivity index (χ0v) is 8.03. The molecule has 0 amide bonds. The summed E-state index contributed by atoms with van der Waals surface area (Å²) in [7, 11) is 0. The minimum absolute atomic E-state index is 0.0552. The molecule has 1 aliphatic heterocycles. The Kier molecular flexibility index (Phi) is 3.73. The summed E-state index contributed by atoms with van der Waals surface area (Å²) in [5.41, 5.74) is 0. The third kappa shape index (κ3) is 2.44. The number of rotatable bonds is 2. The van der Waals surface area contributed by atoms with E-state index in [4.69, 9.17) is 10.5 Å². The summed E-state index contributed by atoms with van der Waals surface area (Å²) in [6.45, 7) is 3.85. The van der Waals surface area contributed by atoms with Gasteiger partial charge in [-0.1, -0.05) is 6.92 Å². The molecule has 13 heavy (non-hydrogen) atoms. The zero-order valence-electron chi connectivity index (χ0n) is 8.03. The quantitative estimate of drug-likeness (QED) is 0.642. The van der Waals surface area contributed by atoms with Gasteiger partial charge in [-0.05, 0) is 19.3 Å². The summed E-state index contributed by atoms with van der Waals surface area (Å²) in [6.07, 6.45) is 2.73. The van der Waals surface area contributed by atoms with Crippen LogP contribution in [-0.2, 0) is 0 Å². The SMILES string of the molecule is CCC(C#N)N1CCC(C#N)CC1. The summed E-state index contributed by atoms with van der Waals surface area (Å²) in [6, 6.07) is 4.64. The predicted octanol–water partition coefficient (Wildman–Crippen LogP) is 1.52. The lowest BCUT2D eigenvalue weighted by molar-refractivity contribution is 0.172. The molecule has 1 heterocycles. The molecule has 3 heteroatoms. The van der Waals surface area contributed by atoms with Crippen molar-refractivity contribution in [3.05, 3.63) is 0 Å². The lowest BCUT2D eigenvalue weighted by Crippen LogP contribution is -2.40. The number of nitriles is 2. The Morgan fingerprint density at radius 1 is 1.38 bits per heavy atom. The second-order valence-corrected chi connectivity index (χ2v) is 3.49. The average molecular weight is 177 g/mol. The molecule has 0 spiro atoms. The first-order chi connectivity index (χ1) is 6.31. The molecule has 1 atom stereocenters. The van der Waals surface area contributed by atoms with Gasteiger partial charge in [-0.25, -0.2) is 0 Å². The van der Waals surface area contributed by atoms with Crippen LogP contribution in [0.4, 0.5) is 0 Å². The van der Waals surface area contributed by atoms with Crippen molar-refractivity contribution in [1.82, 2.24) is 4.90 Å². The largest absolute Gasteiger partial charge is 0.288 e. The van der Waals surface area contributed by atoms with Gasteiger partial charge in [0, 0.05) is 19.0 Å². The lowest BCUT2D eigenvalue weighted by atomic mass is 9.97. The summed E-state index contributed by atoms with van der Waals surface area (Å²) in [5, 5.41) is 17.5. The molecule has 0 aliphatic carbocycles. The van der Waals surface area contributed by atoms with Crippen molar-refractivity contribution in [2.75, 3.05) is 13.1 Å². The Hall–Kier alpha value is -1.06. The highest BCUT2D eigenvalue weighted by Gasteiger charge is 2.23. The molecule has 0 aromatic rings. The third-order valence-corrected chi connectivity index (χ3v) is 2.69. The first kappa shape index (κ1) is 10.0. The number of hydrogen-bond acceptors (Lipinski definition) is 3. The number of hydrogen-bond donors (Lipinski definition) is 0. The van der Waals surface area contributed by atoms with E-state index in [-0.39, 0.29) is 12.0 Å². The minimum Gasteiger partial charge on any atom is -0.288 e. The van der Waals surface area contributed by atoms with Crippen LogP contribution in [0, 0.1) is 28.6 Å². The Balaban J connectivity index is 2.41.